The predicted molar refractivity (Wildman–Crippen MR) is 93.5 cm³/mol. The van der Waals surface area contributed by atoms with E-state index in [4.69, 9.17) is 0 Å². The van der Waals surface area contributed by atoms with E-state index in [2.05, 4.69) is 39.9 Å². The summed E-state index contributed by atoms with van der Waals surface area (Å²) >= 11 is 0. The molecule has 2 fully saturated rings. The highest BCUT2D eigenvalue weighted by molar-refractivity contribution is 4.87. The van der Waals surface area contributed by atoms with Crippen LogP contribution in [-0.2, 0) is 0 Å². The van der Waals surface area contributed by atoms with Gasteiger partial charge >= 0.3 is 0 Å². The van der Waals surface area contributed by atoms with Crippen molar-refractivity contribution in [2.75, 3.05) is 6.54 Å². The summed E-state index contributed by atoms with van der Waals surface area (Å²) in [6.07, 6.45) is 11.9. The number of hydrogen-bond acceptors (Lipinski definition) is 1. The Kier molecular flexibility index (Phi) is 6.17. The van der Waals surface area contributed by atoms with E-state index in [1.165, 1.54) is 57.9 Å². The normalized spacial score (nSPS) is 39.0. The lowest BCUT2D eigenvalue weighted by atomic mass is 9.67. The molecule has 2 aliphatic rings. The first-order valence-electron chi connectivity index (χ1n) is 9.60. The quantitative estimate of drug-likeness (QED) is 0.664. The van der Waals surface area contributed by atoms with Gasteiger partial charge in [-0.2, -0.15) is 0 Å². The van der Waals surface area contributed by atoms with Crippen LogP contribution in [0.3, 0.4) is 0 Å². The van der Waals surface area contributed by atoms with Crippen LogP contribution in [0.4, 0.5) is 0 Å². The van der Waals surface area contributed by atoms with Crippen molar-refractivity contribution >= 4 is 0 Å². The van der Waals surface area contributed by atoms with Crippen LogP contribution in [0.25, 0.3) is 0 Å². The van der Waals surface area contributed by atoms with Gasteiger partial charge in [0, 0.05) is 5.54 Å². The molecule has 0 radical (unpaired) electrons. The Morgan fingerprint density at radius 3 is 2.10 bits per heavy atom. The number of hydrogen-bond donors (Lipinski definition) is 1. The average molecular weight is 294 g/mol. The SMILES string of the molecule is CC1CC(C)CC(C2CCCCCC2CNC(C)(C)C)C1. The summed E-state index contributed by atoms with van der Waals surface area (Å²) in [5.41, 5.74) is 0.268. The summed E-state index contributed by atoms with van der Waals surface area (Å²) in [6, 6.07) is 0. The first-order valence-corrected chi connectivity index (χ1v) is 9.60. The minimum absolute atomic E-state index is 0.268. The summed E-state index contributed by atoms with van der Waals surface area (Å²) in [5.74, 6) is 4.84. The first kappa shape index (κ1) is 17.3. The second-order valence-corrected chi connectivity index (χ2v) is 9.37. The lowest BCUT2D eigenvalue weighted by molar-refractivity contribution is 0.109. The molecule has 0 aromatic heterocycles. The predicted octanol–water partition coefficient (Wildman–Crippen LogP) is 5.64. The third-order valence-electron chi connectivity index (χ3n) is 5.93. The number of nitrogens with one attached hydrogen (secondary N) is 1. The van der Waals surface area contributed by atoms with Crippen LogP contribution in [-0.4, -0.2) is 12.1 Å². The van der Waals surface area contributed by atoms with Crippen LogP contribution in [0, 0.1) is 29.6 Å². The molecule has 0 bridgehead atoms. The van der Waals surface area contributed by atoms with E-state index in [0.717, 1.165) is 29.6 Å². The Bertz CT molecular complexity index is 293. The molecule has 1 nitrogen and oxygen atoms in total. The van der Waals surface area contributed by atoms with Crippen LogP contribution in [0.1, 0.15) is 86.0 Å². The molecule has 0 aromatic carbocycles. The zero-order valence-electron chi connectivity index (χ0n) is 15.3. The standard InChI is InChI=1S/C20H39N/c1-15-11-16(2)13-18(12-15)19-10-8-6-7-9-17(19)14-21-20(3,4)5/h15-19,21H,6-14H2,1-5H3. The molecule has 0 amide bonds. The topological polar surface area (TPSA) is 12.0 Å². The molecule has 0 aliphatic heterocycles. The first-order chi connectivity index (χ1) is 9.85. The van der Waals surface area contributed by atoms with Crippen molar-refractivity contribution in [3.63, 3.8) is 0 Å². The molecule has 124 valence electrons. The minimum Gasteiger partial charge on any atom is -0.312 e. The molecule has 4 atom stereocenters. The van der Waals surface area contributed by atoms with Gasteiger partial charge in [0.2, 0.25) is 0 Å². The van der Waals surface area contributed by atoms with Crippen LogP contribution in [0.15, 0.2) is 0 Å². The minimum atomic E-state index is 0.268. The maximum Gasteiger partial charge on any atom is 0.00966 e. The van der Waals surface area contributed by atoms with Crippen molar-refractivity contribution in [2.24, 2.45) is 29.6 Å². The summed E-state index contributed by atoms with van der Waals surface area (Å²) < 4.78 is 0. The van der Waals surface area contributed by atoms with Crippen molar-refractivity contribution in [1.82, 2.24) is 5.32 Å². The van der Waals surface area contributed by atoms with E-state index in [1.54, 1.807) is 0 Å². The summed E-state index contributed by atoms with van der Waals surface area (Å²) in [7, 11) is 0. The van der Waals surface area contributed by atoms with Gasteiger partial charge in [-0.25, -0.2) is 0 Å². The highest BCUT2D eigenvalue weighted by atomic mass is 14.9. The molecule has 0 spiro atoms. The molecule has 2 rings (SSSR count). The third-order valence-corrected chi connectivity index (χ3v) is 5.93. The van der Waals surface area contributed by atoms with Gasteiger partial charge in [-0.05, 0) is 89.0 Å². The molecular weight excluding hydrogens is 254 g/mol. The van der Waals surface area contributed by atoms with Gasteiger partial charge in [-0.3, -0.25) is 0 Å². The van der Waals surface area contributed by atoms with Crippen LogP contribution >= 0.6 is 0 Å². The fraction of sp³-hybridized carbons (Fsp3) is 1.00. The Morgan fingerprint density at radius 2 is 1.48 bits per heavy atom. The zero-order valence-corrected chi connectivity index (χ0v) is 15.3. The molecule has 2 aliphatic carbocycles. The maximum absolute atomic E-state index is 3.81. The molecule has 21 heavy (non-hydrogen) atoms. The summed E-state index contributed by atoms with van der Waals surface area (Å²) in [4.78, 5) is 0. The number of rotatable bonds is 3. The summed E-state index contributed by atoms with van der Waals surface area (Å²) in [5, 5.41) is 3.81. The van der Waals surface area contributed by atoms with Crippen LogP contribution in [0.5, 0.6) is 0 Å². The molecule has 0 saturated heterocycles. The van der Waals surface area contributed by atoms with Gasteiger partial charge in [0.15, 0.2) is 0 Å². The molecular formula is C20H39N. The Hall–Kier alpha value is -0.0400. The van der Waals surface area contributed by atoms with Crippen molar-refractivity contribution in [2.45, 2.75) is 91.5 Å². The van der Waals surface area contributed by atoms with Crippen molar-refractivity contribution in [3.05, 3.63) is 0 Å². The molecule has 2 saturated carbocycles. The van der Waals surface area contributed by atoms with E-state index >= 15 is 0 Å². The highest BCUT2D eigenvalue weighted by Gasteiger charge is 2.35. The fourth-order valence-electron chi connectivity index (χ4n) is 5.08. The molecule has 0 aromatic rings. The fourth-order valence-corrected chi connectivity index (χ4v) is 5.08. The maximum atomic E-state index is 3.81. The summed E-state index contributed by atoms with van der Waals surface area (Å²) in [6.45, 7) is 13.1. The second kappa shape index (κ2) is 7.49. The molecule has 4 unspecified atom stereocenters. The highest BCUT2D eigenvalue weighted by Crippen LogP contribution is 2.43. The van der Waals surface area contributed by atoms with E-state index in [0.29, 0.717) is 0 Å². The van der Waals surface area contributed by atoms with E-state index in [1.807, 2.05) is 0 Å². The largest absolute Gasteiger partial charge is 0.312 e. The molecule has 1 heteroatoms. The van der Waals surface area contributed by atoms with Crippen molar-refractivity contribution < 1.29 is 0 Å². The van der Waals surface area contributed by atoms with E-state index in [9.17, 15) is 0 Å². The second-order valence-electron chi connectivity index (χ2n) is 9.37. The van der Waals surface area contributed by atoms with Gasteiger partial charge < -0.3 is 5.32 Å². The molecule has 1 N–H and O–H groups in total. The Morgan fingerprint density at radius 1 is 0.857 bits per heavy atom. The van der Waals surface area contributed by atoms with Gasteiger partial charge in [0.05, 0.1) is 0 Å². The van der Waals surface area contributed by atoms with Gasteiger partial charge in [-0.15, -0.1) is 0 Å². The van der Waals surface area contributed by atoms with Crippen LogP contribution < -0.4 is 5.32 Å². The Labute approximate surface area is 133 Å². The Balaban J connectivity index is 2.00. The van der Waals surface area contributed by atoms with Crippen LogP contribution in [0.2, 0.25) is 0 Å². The van der Waals surface area contributed by atoms with Crippen molar-refractivity contribution in [3.8, 4) is 0 Å². The average Bonchev–Trinajstić information content (AvgIpc) is 2.59. The van der Waals surface area contributed by atoms with Gasteiger partial charge in [-0.1, -0.05) is 33.1 Å². The monoisotopic (exact) mass is 293 g/mol. The van der Waals surface area contributed by atoms with Gasteiger partial charge in [0.1, 0.15) is 0 Å². The smallest absolute Gasteiger partial charge is 0.00966 e. The van der Waals surface area contributed by atoms with E-state index < -0.39 is 0 Å². The van der Waals surface area contributed by atoms with E-state index in [-0.39, 0.29) is 5.54 Å². The molecule has 0 heterocycles. The lowest BCUT2D eigenvalue weighted by Gasteiger charge is -2.40. The zero-order chi connectivity index (χ0) is 15.5. The third kappa shape index (κ3) is 5.58. The van der Waals surface area contributed by atoms with Gasteiger partial charge in [0.25, 0.3) is 0 Å². The van der Waals surface area contributed by atoms with Crippen molar-refractivity contribution in [1.29, 1.82) is 0 Å². The lowest BCUT2D eigenvalue weighted by Crippen LogP contribution is -2.42.